The number of carbonyl (C=O) groups excluding carboxylic acids is 2. The van der Waals surface area contributed by atoms with Crippen LogP contribution in [0.3, 0.4) is 0 Å². The van der Waals surface area contributed by atoms with Gasteiger partial charge in [-0.2, -0.15) is 0 Å². The molecule has 0 saturated carbocycles. The summed E-state index contributed by atoms with van der Waals surface area (Å²) in [6.45, 7) is 2.99. The highest BCUT2D eigenvalue weighted by Crippen LogP contribution is 2.35. The van der Waals surface area contributed by atoms with E-state index in [4.69, 9.17) is 16.3 Å². The molecule has 0 radical (unpaired) electrons. The first kappa shape index (κ1) is 21.0. The van der Waals surface area contributed by atoms with Crippen LogP contribution in [0, 0.1) is 6.92 Å². The molecule has 1 atom stereocenters. The van der Waals surface area contributed by atoms with Crippen molar-refractivity contribution in [1.82, 2.24) is 10.3 Å². The van der Waals surface area contributed by atoms with Gasteiger partial charge in [-0.05, 0) is 44.0 Å². The summed E-state index contributed by atoms with van der Waals surface area (Å²) in [6.07, 6.45) is 2.02. The van der Waals surface area contributed by atoms with Gasteiger partial charge in [0.2, 0.25) is 0 Å². The van der Waals surface area contributed by atoms with Crippen molar-refractivity contribution in [3.63, 3.8) is 0 Å². The van der Waals surface area contributed by atoms with Gasteiger partial charge in [-0.15, -0.1) is 22.7 Å². The summed E-state index contributed by atoms with van der Waals surface area (Å²) in [5.74, 6) is -0.533. The number of aryl methyl sites for hydroxylation is 1. The van der Waals surface area contributed by atoms with E-state index in [1.807, 2.05) is 12.1 Å². The minimum atomic E-state index is -0.293. The summed E-state index contributed by atoms with van der Waals surface area (Å²) in [5, 5.41) is 6.51. The first-order valence-electron chi connectivity index (χ1n) is 9.54. The number of amides is 2. The number of benzene rings is 1. The fourth-order valence-corrected chi connectivity index (χ4v) is 5.28. The van der Waals surface area contributed by atoms with Crippen LogP contribution in [0.15, 0.2) is 36.4 Å². The standard InChI is InChI=1S/C21H20ClN3O3S2/c1-12-18(30-21(24-12)16-8-9-17(22)29-16)20(27)25-15-7-3-2-6-14(15)19(26)23-11-13-5-4-10-28-13/h2-3,6-9,13H,4-5,10-11H2,1H3,(H,23,26)(H,25,27). The Labute approximate surface area is 187 Å². The van der Waals surface area contributed by atoms with Crippen molar-refractivity contribution in [2.24, 2.45) is 0 Å². The summed E-state index contributed by atoms with van der Waals surface area (Å²) in [4.78, 5) is 31.5. The molecule has 1 saturated heterocycles. The number of hydrogen-bond acceptors (Lipinski definition) is 6. The third kappa shape index (κ3) is 4.73. The minimum Gasteiger partial charge on any atom is -0.376 e. The van der Waals surface area contributed by atoms with E-state index in [-0.39, 0.29) is 17.9 Å². The van der Waals surface area contributed by atoms with E-state index in [1.165, 1.54) is 22.7 Å². The Hall–Kier alpha value is -2.26. The van der Waals surface area contributed by atoms with E-state index in [1.54, 1.807) is 31.2 Å². The topological polar surface area (TPSA) is 80.3 Å². The predicted molar refractivity (Wildman–Crippen MR) is 121 cm³/mol. The first-order valence-corrected chi connectivity index (χ1v) is 11.6. The Morgan fingerprint density at radius 3 is 2.77 bits per heavy atom. The van der Waals surface area contributed by atoms with Gasteiger partial charge in [0.15, 0.2) is 0 Å². The lowest BCUT2D eigenvalue weighted by molar-refractivity contribution is 0.0858. The molecule has 3 heterocycles. The second-order valence-corrected chi connectivity index (χ2v) is 9.60. The smallest absolute Gasteiger partial charge is 0.267 e. The van der Waals surface area contributed by atoms with Crippen molar-refractivity contribution in [3.8, 4) is 9.88 Å². The van der Waals surface area contributed by atoms with E-state index in [9.17, 15) is 9.59 Å². The Balaban J connectivity index is 1.48. The zero-order valence-electron chi connectivity index (χ0n) is 16.2. The van der Waals surface area contributed by atoms with Gasteiger partial charge >= 0.3 is 0 Å². The Bertz CT molecular complexity index is 1070. The van der Waals surface area contributed by atoms with Crippen molar-refractivity contribution < 1.29 is 14.3 Å². The number of nitrogens with one attached hydrogen (secondary N) is 2. The molecule has 1 aromatic carbocycles. The Morgan fingerprint density at radius 2 is 2.03 bits per heavy atom. The summed E-state index contributed by atoms with van der Waals surface area (Å²) in [6, 6.07) is 10.7. The molecule has 3 aromatic rings. The van der Waals surface area contributed by atoms with Crippen LogP contribution in [-0.2, 0) is 4.74 Å². The van der Waals surface area contributed by atoms with E-state index in [2.05, 4.69) is 15.6 Å². The van der Waals surface area contributed by atoms with Crippen LogP contribution in [0.2, 0.25) is 4.34 Å². The number of thiophene rings is 1. The molecule has 2 aromatic heterocycles. The van der Waals surface area contributed by atoms with Crippen molar-refractivity contribution >= 4 is 51.8 Å². The lowest BCUT2D eigenvalue weighted by atomic mass is 10.1. The SMILES string of the molecule is Cc1nc(-c2ccc(Cl)s2)sc1C(=O)Nc1ccccc1C(=O)NCC1CCCO1. The molecule has 0 bridgehead atoms. The van der Waals surface area contributed by atoms with Crippen molar-refractivity contribution in [2.75, 3.05) is 18.5 Å². The van der Waals surface area contributed by atoms with Gasteiger partial charge in [-0.25, -0.2) is 4.98 Å². The highest BCUT2D eigenvalue weighted by Gasteiger charge is 2.21. The largest absolute Gasteiger partial charge is 0.376 e. The molecular formula is C21H20ClN3O3S2. The van der Waals surface area contributed by atoms with Crippen LogP contribution in [0.5, 0.6) is 0 Å². The second-order valence-electron chi connectivity index (χ2n) is 6.88. The number of hydrogen-bond donors (Lipinski definition) is 2. The molecule has 4 rings (SSSR count). The van der Waals surface area contributed by atoms with Crippen LogP contribution in [-0.4, -0.2) is 36.1 Å². The highest BCUT2D eigenvalue weighted by atomic mass is 35.5. The second kappa shape index (κ2) is 9.26. The fraction of sp³-hybridized carbons (Fsp3) is 0.286. The van der Waals surface area contributed by atoms with Crippen LogP contribution < -0.4 is 10.6 Å². The number of halogens is 1. The maximum absolute atomic E-state index is 12.9. The van der Waals surface area contributed by atoms with Gasteiger partial charge in [0.1, 0.15) is 9.88 Å². The highest BCUT2D eigenvalue weighted by molar-refractivity contribution is 7.24. The monoisotopic (exact) mass is 461 g/mol. The molecule has 0 spiro atoms. The maximum Gasteiger partial charge on any atom is 0.267 e. The normalized spacial score (nSPS) is 15.9. The summed E-state index contributed by atoms with van der Waals surface area (Å²) in [7, 11) is 0. The number of ether oxygens (including phenoxy) is 1. The summed E-state index contributed by atoms with van der Waals surface area (Å²) >= 11 is 8.74. The lowest BCUT2D eigenvalue weighted by Crippen LogP contribution is -2.32. The van der Waals surface area contributed by atoms with E-state index >= 15 is 0 Å². The molecule has 1 unspecified atom stereocenters. The molecule has 9 heteroatoms. The fourth-order valence-electron chi connectivity index (χ4n) is 3.22. The van der Waals surface area contributed by atoms with Gasteiger partial charge in [-0.1, -0.05) is 23.7 Å². The number of thiazole rings is 1. The maximum atomic E-state index is 12.9. The van der Waals surface area contributed by atoms with Gasteiger partial charge in [0, 0.05) is 13.2 Å². The molecule has 1 aliphatic rings. The van der Waals surface area contributed by atoms with E-state index < -0.39 is 0 Å². The molecule has 30 heavy (non-hydrogen) atoms. The minimum absolute atomic E-state index is 0.0553. The summed E-state index contributed by atoms with van der Waals surface area (Å²) < 4.78 is 6.22. The lowest BCUT2D eigenvalue weighted by Gasteiger charge is -2.13. The predicted octanol–water partition coefficient (Wildman–Crippen LogP) is 4.99. The number of anilines is 1. The first-order chi connectivity index (χ1) is 14.5. The van der Waals surface area contributed by atoms with Gasteiger partial charge in [0.25, 0.3) is 11.8 Å². The molecule has 1 fully saturated rings. The third-order valence-corrected chi connectivity index (χ3v) is 7.28. The molecule has 2 amide bonds. The van der Waals surface area contributed by atoms with Crippen LogP contribution in [0.1, 0.15) is 38.6 Å². The van der Waals surface area contributed by atoms with Crippen LogP contribution >= 0.6 is 34.3 Å². The van der Waals surface area contributed by atoms with Crippen LogP contribution in [0.4, 0.5) is 5.69 Å². The number of aromatic nitrogens is 1. The average molecular weight is 462 g/mol. The van der Waals surface area contributed by atoms with Gasteiger partial charge in [0.05, 0.1) is 32.3 Å². The van der Waals surface area contributed by atoms with Crippen LogP contribution in [0.25, 0.3) is 9.88 Å². The van der Waals surface area contributed by atoms with E-state index in [0.717, 1.165) is 29.3 Å². The zero-order chi connectivity index (χ0) is 21.1. The number of carbonyl (C=O) groups is 2. The number of para-hydroxylation sites is 1. The van der Waals surface area contributed by atoms with Gasteiger partial charge < -0.3 is 15.4 Å². The molecule has 156 valence electrons. The molecular weight excluding hydrogens is 442 g/mol. The van der Waals surface area contributed by atoms with Gasteiger partial charge in [-0.3, -0.25) is 9.59 Å². The molecule has 6 nitrogen and oxygen atoms in total. The molecule has 0 aliphatic carbocycles. The van der Waals surface area contributed by atoms with Crippen molar-refractivity contribution in [3.05, 3.63) is 56.9 Å². The molecule has 2 N–H and O–H groups in total. The zero-order valence-corrected chi connectivity index (χ0v) is 18.6. The summed E-state index contributed by atoms with van der Waals surface area (Å²) in [5.41, 5.74) is 1.51. The average Bonchev–Trinajstić information content (AvgIpc) is 3.47. The number of rotatable bonds is 6. The quantitative estimate of drug-likeness (QED) is 0.541. The third-order valence-electron chi connectivity index (χ3n) is 4.72. The Kier molecular flexibility index (Phi) is 6.48. The number of nitrogens with zero attached hydrogens (tertiary/aromatic N) is 1. The molecule has 1 aliphatic heterocycles. The van der Waals surface area contributed by atoms with Crippen molar-refractivity contribution in [2.45, 2.75) is 25.9 Å². The van der Waals surface area contributed by atoms with Crippen molar-refractivity contribution in [1.29, 1.82) is 0 Å². The Morgan fingerprint density at radius 1 is 1.20 bits per heavy atom. The van der Waals surface area contributed by atoms with E-state index in [0.29, 0.717) is 32.7 Å².